The minimum absolute atomic E-state index is 0.0453. The molecular weight excluding hydrogens is 216 g/mol. The molecule has 0 aromatic carbocycles. The minimum atomic E-state index is -3.17. The van der Waals surface area contributed by atoms with Crippen LogP contribution in [0.4, 0.5) is 0 Å². The van der Waals surface area contributed by atoms with E-state index in [1.165, 1.54) is 11.4 Å². The predicted octanol–water partition coefficient (Wildman–Crippen LogP) is -0.368. The first-order valence-corrected chi connectivity index (χ1v) is 6.80. The summed E-state index contributed by atoms with van der Waals surface area (Å²) in [7, 11) is -1.67. The third kappa shape index (κ3) is 3.41. The van der Waals surface area contributed by atoms with Crippen LogP contribution in [-0.2, 0) is 14.8 Å². The van der Waals surface area contributed by atoms with Gasteiger partial charge in [-0.3, -0.25) is 0 Å². The van der Waals surface area contributed by atoms with Crippen LogP contribution >= 0.6 is 0 Å². The first-order chi connectivity index (χ1) is 6.97. The Bertz CT molecular complexity index is 292. The van der Waals surface area contributed by atoms with Gasteiger partial charge in [0, 0.05) is 26.2 Å². The molecule has 1 saturated heterocycles. The summed E-state index contributed by atoms with van der Waals surface area (Å²) in [5.41, 5.74) is 5.86. The van der Waals surface area contributed by atoms with Crippen molar-refractivity contribution in [1.29, 1.82) is 0 Å². The average Bonchev–Trinajstić information content (AvgIpc) is 2.19. The lowest BCUT2D eigenvalue weighted by Gasteiger charge is -2.34. The molecule has 1 aliphatic heterocycles. The fourth-order valence-electron chi connectivity index (χ4n) is 1.64. The Hall–Kier alpha value is -0.170. The lowest BCUT2D eigenvalue weighted by molar-refractivity contribution is 0.211. The van der Waals surface area contributed by atoms with E-state index in [-0.39, 0.29) is 18.4 Å². The van der Waals surface area contributed by atoms with E-state index in [2.05, 4.69) is 6.92 Å². The van der Waals surface area contributed by atoms with Crippen molar-refractivity contribution >= 4 is 10.0 Å². The zero-order chi connectivity index (χ0) is 11.5. The van der Waals surface area contributed by atoms with Crippen LogP contribution in [0.1, 0.15) is 13.3 Å². The van der Waals surface area contributed by atoms with Crippen LogP contribution in [0, 0.1) is 5.92 Å². The van der Waals surface area contributed by atoms with Gasteiger partial charge in [0.05, 0.1) is 12.4 Å². The number of sulfonamides is 1. The van der Waals surface area contributed by atoms with E-state index in [9.17, 15) is 8.42 Å². The number of piperidine rings is 1. The van der Waals surface area contributed by atoms with Crippen molar-refractivity contribution in [1.82, 2.24) is 4.31 Å². The van der Waals surface area contributed by atoms with Crippen molar-refractivity contribution in [3.8, 4) is 0 Å². The van der Waals surface area contributed by atoms with Crippen molar-refractivity contribution in [3.63, 3.8) is 0 Å². The van der Waals surface area contributed by atoms with Crippen molar-refractivity contribution in [3.05, 3.63) is 0 Å². The number of nitrogens with two attached hydrogens (primary N) is 1. The van der Waals surface area contributed by atoms with Crippen molar-refractivity contribution in [2.24, 2.45) is 11.7 Å². The summed E-state index contributed by atoms with van der Waals surface area (Å²) in [4.78, 5) is 0. The van der Waals surface area contributed by atoms with Crippen LogP contribution in [0.25, 0.3) is 0 Å². The molecule has 0 aromatic heterocycles. The lowest BCUT2D eigenvalue weighted by atomic mass is 9.96. The molecule has 1 fully saturated rings. The molecule has 1 heterocycles. The van der Waals surface area contributed by atoms with Gasteiger partial charge in [-0.15, -0.1) is 0 Å². The largest absolute Gasteiger partial charge is 0.384 e. The molecule has 5 nitrogen and oxygen atoms in total. The highest BCUT2D eigenvalue weighted by molar-refractivity contribution is 7.89. The maximum absolute atomic E-state index is 11.8. The molecule has 0 aliphatic carbocycles. The summed E-state index contributed by atoms with van der Waals surface area (Å²) in [5, 5.41) is 0. The Labute approximate surface area is 91.6 Å². The number of rotatable bonds is 4. The van der Waals surface area contributed by atoms with Crippen molar-refractivity contribution in [2.45, 2.75) is 19.4 Å². The quantitative estimate of drug-likeness (QED) is 0.723. The van der Waals surface area contributed by atoms with Crippen LogP contribution in [0.15, 0.2) is 0 Å². The Morgan fingerprint density at radius 1 is 1.53 bits per heavy atom. The summed E-state index contributed by atoms with van der Waals surface area (Å²) >= 11 is 0. The van der Waals surface area contributed by atoms with Crippen molar-refractivity contribution in [2.75, 3.05) is 32.6 Å². The van der Waals surface area contributed by atoms with Crippen LogP contribution in [-0.4, -0.2) is 51.3 Å². The van der Waals surface area contributed by atoms with Crippen LogP contribution < -0.4 is 5.73 Å². The molecule has 0 amide bonds. The first kappa shape index (κ1) is 12.9. The Morgan fingerprint density at radius 2 is 2.20 bits per heavy atom. The van der Waals surface area contributed by atoms with Gasteiger partial charge in [-0.1, -0.05) is 6.92 Å². The topological polar surface area (TPSA) is 72.6 Å². The van der Waals surface area contributed by atoms with Gasteiger partial charge in [0.1, 0.15) is 0 Å². The molecule has 1 aliphatic rings. The molecule has 0 aromatic rings. The van der Waals surface area contributed by atoms with E-state index >= 15 is 0 Å². The van der Waals surface area contributed by atoms with Gasteiger partial charge < -0.3 is 10.5 Å². The van der Waals surface area contributed by atoms with E-state index in [0.29, 0.717) is 19.0 Å². The smallest absolute Gasteiger partial charge is 0.216 e. The highest BCUT2D eigenvalue weighted by Crippen LogP contribution is 2.18. The first-order valence-electron chi connectivity index (χ1n) is 5.19. The molecule has 2 atom stereocenters. The van der Waals surface area contributed by atoms with E-state index in [1.54, 1.807) is 0 Å². The lowest BCUT2D eigenvalue weighted by Crippen LogP contribution is -2.50. The van der Waals surface area contributed by atoms with E-state index < -0.39 is 10.0 Å². The zero-order valence-corrected chi connectivity index (χ0v) is 10.2. The SMILES string of the molecule is COCCS(=O)(=O)N1CCC(C)C(N)C1. The summed E-state index contributed by atoms with van der Waals surface area (Å²) in [6.45, 7) is 3.32. The standard InChI is InChI=1S/C9H20N2O3S/c1-8-3-4-11(7-9(8)10)15(12,13)6-5-14-2/h8-9H,3-7,10H2,1-2H3. The van der Waals surface area contributed by atoms with Gasteiger partial charge in [0.15, 0.2) is 0 Å². The van der Waals surface area contributed by atoms with E-state index in [4.69, 9.17) is 10.5 Å². The molecule has 1 rings (SSSR count). The fraction of sp³-hybridized carbons (Fsp3) is 1.00. The minimum Gasteiger partial charge on any atom is -0.384 e. The van der Waals surface area contributed by atoms with E-state index in [0.717, 1.165) is 6.42 Å². The second kappa shape index (κ2) is 5.25. The summed E-state index contributed by atoms with van der Waals surface area (Å²) in [6.07, 6.45) is 0.841. The fourth-order valence-corrected chi connectivity index (χ4v) is 3.06. The molecule has 0 bridgehead atoms. The molecular formula is C9H20N2O3S. The number of hydrogen-bond donors (Lipinski definition) is 1. The number of methoxy groups -OCH3 is 1. The Kier molecular flexibility index (Phi) is 4.51. The highest BCUT2D eigenvalue weighted by atomic mass is 32.2. The molecule has 6 heteroatoms. The second-order valence-electron chi connectivity index (χ2n) is 4.10. The molecule has 2 N–H and O–H groups in total. The average molecular weight is 236 g/mol. The van der Waals surface area contributed by atoms with Gasteiger partial charge >= 0.3 is 0 Å². The molecule has 0 radical (unpaired) electrons. The van der Waals surface area contributed by atoms with Crippen LogP contribution in [0.5, 0.6) is 0 Å². The third-order valence-corrected chi connectivity index (χ3v) is 4.72. The van der Waals surface area contributed by atoms with Gasteiger partial charge in [-0.2, -0.15) is 0 Å². The second-order valence-corrected chi connectivity index (χ2v) is 6.19. The van der Waals surface area contributed by atoms with Gasteiger partial charge in [-0.05, 0) is 12.3 Å². The molecule has 2 unspecified atom stereocenters. The summed E-state index contributed by atoms with van der Waals surface area (Å²) in [5.74, 6) is 0.448. The normalized spacial score (nSPS) is 29.3. The summed E-state index contributed by atoms with van der Waals surface area (Å²) < 4.78 is 29.8. The van der Waals surface area contributed by atoms with Gasteiger partial charge in [0.25, 0.3) is 0 Å². The van der Waals surface area contributed by atoms with Gasteiger partial charge in [-0.25, -0.2) is 12.7 Å². The zero-order valence-electron chi connectivity index (χ0n) is 9.35. The number of hydrogen-bond acceptors (Lipinski definition) is 4. The molecule has 0 saturated carbocycles. The molecule has 90 valence electrons. The monoisotopic (exact) mass is 236 g/mol. The number of nitrogens with zero attached hydrogens (tertiary/aromatic N) is 1. The molecule has 15 heavy (non-hydrogen) atoms. The maximum atomic E-state index is 11.8. The Morgan fingerprint density at radius 3 is 2.73 bits per heavy atom. The number of ether oxygens (including phenoxy) is 1. The Balaban J connectivity index is 2.57. The predicted molar refractivity (Wildman–Crippen MR) is 59.0 cm³/mol. The van der Waals surface area contributed by atoms with Crippen LogP contribution in [0.2, 0.25) is 0 Å². The third-order valence-electron chi connectivity index (χ3n) is 2.92. The highest BCUT2D eigenvalue weighted by Gasteiger charge is 2.30. The maximum Gasteiger partial charge on any atom is 0.216 e. The van der Waals surface area contributed by atoms with Crippen LogP contribution in [0.3, 0.4) is 0 Å². The van der Waals surface area contributed by atoms with E-state index in [1.807, 2.05) is 0 Å². The van der Waals surface area contributed by atoms with Gasteiger partial charge in [0.2, 0.25) is 10.0 Å². The van der Waals surface area contributed by atoms with Crippen molar-refractivity contribution < 1.29 is 13.2 Å². The molecule has 0 spiro atoms. The summed E-state index contributed by atoms with van der Waals surface area (Å²) in [6, 6.07) is -0.0453.